The van der Waals surface area contributed by atoms with Crippen molar-refractivity contribution in [1.82, 2.24) is 10.6 Å². The SMILES string of the molecule is COc1ccc(C(NC(N)=NCCC[C@H](N)C(O)C(=O)NCCc2ccccc2)(c2ccccc2)c2ccccc2)cc1. The molecule has 224 valence electrons. The van der Waals surface area contributed by atoms with Gasteiger partial charge < -0.3 is 31.9 Å². The van der Waals surface area contributed by atoms with Crippen molar-refractivity contribution in [2.75, 3.05) is 20.2 Å². The molecule has 2 atom stereocenters. The molecule has 0 aliphatic rings. The van der Waals surface area contributed by atoms with Crippen LogP contribution < -0.4 is 26.8 Å². The first-order valence-electron chi connectivity index (χ1n) is 14.5. The Balaban J connectivity index is 1.42. The number of methoxy groups -OCH3 is 1. The lowest BCUT2D eigenvalue weighted by molar-refractivity contribution is -0.130. The third-order valence-corrected chi connectivity index (χ3v) is 7.46. The number of hydrogen-bond acceptors (Lipinski definition) is 5. The molecular weight excluding hydrogens is 538 g/mol. The Morgan fingerprint density at radius 2 is 1.40 bits per heavy atom. The Hall–Kier alpha value is -4.66. The summed E-state index contributed by atoms with van der Waals surface area (Å²) in [6, 6.07) is 37.2. The molecule has 0 spiro atoms. The molecule has 4 aromatic rings. The van der Waals surface area contributed by atoms with Crippen LogP contribution in [-0.2, 0) is 16.8 Å². The molecule has 0 fully saturated rings. The maximum absolute atomic E-state index is 12.4. The molecule has 4 rings (SSSR count). The van der Waals surface area contributed by atoms with Gasteiger partial charge in [-0.2, -0.15) is 0 Å². The largest absolute Gasteiger partial charge is 0.497 e. The molecule has 0 saturated heterocycles. The highest BCUT2D eigenvalue weighted by molar-refractivity contribution is 5.81. The Labute approximate surface area is 253 Å². The summed E-state index contributed by atoms with van der Waals surface area (Å²) >= 11 is 0. The van der Waals surface area contributed by atoms with E-state index in [1.165, 1.54) is 0 Å². The van der Waals surface area contributed by atoms with Gasteiger partial charge in [0.25, 0.3) is 0 Å². The number of aliphatic hydroxyl groups is 1. The van der Waals surface area contributed by atoms with E-state index < -0.39 is 23.6 Å². The summed E-state index contributed by atoms with van der Waals surface area (Å²) < 4.78 is 5.41. The molecule has 1 amide bonds. The van der Waals surface area contributed by atoms with Gasteiger partial charge in [-0.25, -0.2) is 0 Å². The average Bonchev–Trinajstić information content (AvgIpc) is 3.06. The minimum Gasteiger partial charge on any atom is -0.497 e. The molecule has 7 N–H and O–H groups in total. The molecule has 0 aromatic heterocycles. The van der Waals surface area contributed by atoms with E-state index in [0.717, 1.165) is 28.0 Å². The number of ether oxygens (including phenoxy) is 1. The van der Waals surface area contributed by atoms with Gasteiger partial charge in [-0.3, -0.25) is 9.79 Å². The van der Waals surface area contributed by atoms with E-state index >= 15 is 0 Å². The number of carbonyl (C=O) groups is 1. The molecule has 8 nitrogen and oxygen atoms in total. The van der Waals surface area contributed by atoms with Gasteiger partial charge in [-0.05, 0) is 53.6 Å². The second kappa shape index (κ2) is 15.5. The van der Waals surface area contributed by atoms with Crippen molar-refractivity contribution in [3.63, 3.8) is 0 Å². The number of nitrogens with one attached hydrogen (secondary N) is 2. The fourth-order valence-electron chi connectivity index (χ4n) is 5.12. The molecule has 0 aliphatic heterocycles. The maximum atomic E-state index is 12.4. The van der Waals surface area contributed by atoms with E-state index in [2.05, 4.69) is 39.9 Å². The molecule has 43 heavy (non-hydrogen) atoms. The van der Waals surface area contributed by atoms with Crippen LogP contribution in [0.1, 0.15) is 35.1 Å². The van der Waals surface area contributed by atoms with Crippen molar-refractivity contribution in [2.45, 2.75) is 36.9 Å². The summed E-state index contributed by atoms with van der Waals surface area (Å²) in [6.45, 7) is 0.801. The number of rotatable bonds is 14. The smallest absolute Gasteiger partial charge is 0.250 e. The number of nitrogens with zero attached hydrogens (tertiary/aromatic N) is 1. The molecule has 0 heterocycles. The third kappa shape index (κ3) is 8.22. The van der Waals surface area contributed by atoms with Crippen LogP contribution in [0.3, 0.4) is 0 Å². The van der Waals surface area contributed by atoms with Crippen LogP contribution in [0.5, 0.6) is 5.75 Å². The van der Waals surface area contributed by atoms with E-state index in [-0.39, 0.29) is 5.96 Å². The fourth-order valence-corrected chi connectivity index (χ4v) is 5.12. The summed E-state index contributed by atoms with van der Waals surface area (Å²) in [5, 5.41) is 16.7. The van der Waals surface area contributed by atoms with Crippen LogP contribution in [0, 0.1) is 0 Å². The fraction of sp³-hybridized carbons (Fsp3) is 0.257. The van der Waals surface area contributed by atoms with Crippen LogP contribution in [-0.4, -0.2) is 49.3 Å². The van der Waals surface area contributed by atoms with Gasteiger partial charge in [-0.15, -0.1) is 0 Å². The number of amides is 1. The summed E-state index contributed by atoms with van der Waals surface area (Å²) in [5.74, 6) is 0.545. The molecule has 0 aliphatic carbocycles. The molecule has 1 unspecified atom stereocenters. The number of carbonyl (C=O) groups excluding carboxylic acids is 1. The first kappa shape index (κ1) is 31.3. The van der Waals surface area contributed by atoms with Crippen molar-refractivity contribution in [3.8, 4) is 5.75 Å². The van der Waals surface area contributed by atoms with E-state index in [4.69, 9.17) is 16.2 Å². The molecule has 0 bridgehead atoms. The van der Waals surface area contributed by atoms with Crippen molar-refractivity contribution >= 4 is 11.9 Å². The molecule has 0 radical (unpaired) electrons. The lowest BCUT2D eigenvalue weighted by atomic mass is 9.77. The van der Waals surface area contributed by atoms with Gasteiger partial charge in [0.15, 0.2) is 5.96 Å². The van der Waals surface area contributed by atoms with Crippen LogP contribution in [0.15, 0.2) is 120 Å². The zero-order valence-corrected chi connectivity index (χ0v) is 24.5. The lowest BCUT2D eigenvalue weighted by Gasteiger charge is -2.37. The van der Waals surface area contributed by atoms with E-state index in [1.54, 1.807) is 7.11 Å². The van der Waals surface area contributed by atoms with Gasteiger partial charge in [0.05, 0.1) is 7.11 Å². The first-order chi connectivity index (χ1) is 20.9. The van der Waals surface area contributed by atoms with Gasteiger partial charge in [-0.1, -0.05) is 103 Å². The molecule has 4 aromatic carbocycles. The molecular formula is C35H41N5O3. The number of guanidine groups is 1. The van der Waals surface area contributed by atoms with E-state index in [0.29, 0.717) is 32.4 Å². The molecule has 8 heteroatoms. The summed E-state index contributed by atoms with van der Waals surface area (Å²) in [5.41, 5.74) is 15.9. The Morgan fingerprint density at radius 3 is 1.95 bits per heavy atom. The maximum Gasteiger partial charge on any atom is 0.250 e. The minimum absolute atomic E-state index is 0.260. The van der Waals surface area contributed by atoms with Gasteiger partial charge in [0, 0.05) is 19.1 Å². The Bertz CT molecular complexity index is 1390. The predicted octanol–water partition coefficient (Wildman–Crippen LogP) is 3.72. The number of aliphatic hydroxyl groups excluding tert-OH is 1. The number of benzene rings is 4. The second-order valence-electron chi connectivity index (χ2n) is 10.4. The zero-order valence-electron chi connectivity index (χ0n) is 24.5. The van der Waals surface area contributed by atoms with Gasteiger partial charge in [0.2, 0.25) is 5.91 Å². The molecule has 0 saturated carbocycles. The number of nitrogens with two attached hydrogens (primary N) is 2. The van der Waals surface area contributed by atoms with Crippen LogP contribution in [0.2, 0.25) is 0 Å². The Morgan fingerprint density at radius 1 is 0.860 bits per heavy atom. The predicted molar refractivity (Wildman–Crippen MR) is 172 cm³/mol. The lowest BCUT2D eigenvalue weighted by Crippen LogP contribution is -2.50. The first-order valence-corrected chi connectivity index (χ1v) is 14.5. The third-order valence-electron chi connectivity index (χ3n) is 7.46. The zero-order chi connectivity index (χ0) is 30.5. The van der Waals surface area contributed by atoms with E-state index in [1.807, 2.05) is 91.0 Å². The van der Waals surface area contributed by atoms with Crippen molar-refractivity contribution < 1.29 is 14.6 Å². The highest BCUT2D eigenvalue weighted by Gasteiger charge is 2.37. The highest BCUT2D eigenvalue weighted by Crippen LogP contribution is 2.37. The van der Waals surface area contributed by atoms with Crippen molar-refractivity contribution in [2.24, 2.45) is 16.5 Å². The topological polar surface area (TPSA) is 135 Å². The summed E-state index contributed by atoms with van der Waals surface area (Å²) in [7, 11) is 1.64. The van der Waals surface area contributed by atoms with Crippen LogP contribution >= 0.6 is 0 Å². The standard InChI is InChI=1S/C35H41N5O3/c1-43-30-21-19-29(20-22-30)35(27-14-7-3-8-15-27,28-16-9-4-10-17-28)40-34(37)39-24-11-18-31(36)32(41)33(42)38-25-23-26-12-5-2-6-13-26/h2-10,12-17,19-22,31-32,41H,11,18,23-25,36H2,1H3,(H,38,42)(H3,37,39,40)/t31-,32?/m0/s1. The average molecular weight is 580 g/mol. The van der Waals surface area contributed by atoms with Crippen molar-refractivity contribution in [3.05, 3.63) is 138 Å². The Kier molecular flexibility index (Phi) is 11.3. The van der Waals surface area contributed by atoms with E-state index in [9.17, 15) is 9.90 Å². The monoisotopic (exact) mass is 579 g/mol. The second-order valence-corrected chi connectivity index (χ2v) is 10.4. The quantitative estimate of drug-likeness (QED) is 0.0669. The number of aliphatic imine (C=N–C) groups is 1. The van der Waals surface area contributed by atoms with Crippen LogP contribution in [0.25, 0.3) is 0 Å². The highest BCUT2D eigenvalue weighted by atomic mass is 16.5. The summed E-state index contributed by atoms with van der Waals surface area (Å²) in [4.78, 5) is 17.0. The summed E-state index contributed by atoms with van der Waals surface area (Å²) in [6.07, 6.45) is 0.336. The van der Waals surface area contributed by atoms with Crippen LogP contribution in [0.4, 0.5) is 0 Å². The minimum atomic E-state index is -1.30. The van der Waals surface area contributed by atoms with Gasteiger partial charge >= 0.3 is 0 Å². The normalized spacial score (nSPS) is 13.1. The number of hydrogen-bond donors (Lipinski definition) is 5. The van der Waals surface area contributed by atoms with Crippen molar-refractivity contribution in [1.29, 1.82) is 0 Å². The van der Waals surface area contributed by atoms with Gasteiger partial charge in [0.1, 0.15) is 17.4 Å².